The third kappa shape index (κ3) is 2.52. The van der Waals surface area contributed by atoms with Crippen LogP contribution in [-0.2, 0) is 5.88 Å². The second kappa shape index (κ2) is 4.09. The molecule has 0 unspecified atom stereocenters. The lowest BCUT2D eigenvalue weighted by Crippen LogP contribution is -1.73. The molecule has 0 radical (unpaired) electrons. The summed E-state index contributed by atoms with van der Waals surface area (Å²) in [5.74, 6) is 0.540. The first-order valence-corrected chi connectivity index (χ1v) is 3.71. The lowest BCUT2D eigenvalue weighted by molar-refractivity contribution is 1.18. The number of rotatable bonds is 1. The molecule has 1 rings (SSSR count). The van der Waals surface area contributed by atoms with Gasteiger partial charge in [-0.05, 0) is 6.92 Å². The maximum atomic E-state index is 5.49. The third-order valence-electron chi connectivity index (χ3n) is 0.781. The van der Waals surface area contributed by atoms with Crippen LogP contribution in [0.15, 0.2) is 5.38 Å². The molecule has 1 nitrogen and oxygen atoms in total. The van der Waals surface area contributed by atoms with E-state index in [2.05, 4.69) is 4.98 Å². The van der Waals surface area contributed by atoms with E-state index in [-0.39, 0.29) is 12.4 Å². The largest absolute Gasteiger partial charge is 0.245 e. The Morgan fingerprint density at radius 3 is 2.67 bits per heavy atom. The Hall–Kier alpha value is 0.210. The van der Waals surface area contributed by atoms with Gasteiger partial charge in [0, 0.05) is 11.1 Å². The lowest BCUT2D eigenvalue weighted by atomic mass is 10.6. The van der Waals surface area contributed by atoms with Crippen molar-refractivity contribution in [3.8, 4) is 0 Å². The average Bonchev–Trinajstić information content (AvgIpc) is 2.14. The van der Waals surface area contributed by atoms with Gasteiger partial charge in [-0.25, -0.2) is 4.98 Å². The van der Waals surface area contributed by atoms with E-state index < -0.39 is 0 Å². The van der Waals surface area contributed by atoms with Crippen LogP contribution in [0.1, 0.15) is 10.7 Å². The number of nitrogens with zero attached hydrogens (tertiary/aromatic N) is 1. The van der Waals surface area contributed by atoms with Crippen molar-refractivity contribution < 1.29 is 0 Å². The quantitative estimate of drug-likeness (QED) is 0.611. The fourth-order valence-electron chi connectivity index (χ4n) is 0.464. The standard InChI is InChI=1S/C5H6ClNS.ClH/c1-4-3-8-5(2-6)7-4;/h3H,2H2,1H3;1H. The van der Waals surface area contributed by atoms with Crippen LogP contribution in [0.3, 0.4) is 0 Å². The second-order valence-electron chi connectivity index (χ2n) is 1.52. The van der Waals surface area contributed by atoms with Crippen LogP contribution < -0.4 is 0 Å². The number of aryl methyl sites for hydroxylation is 1. The first-order valence-electron chi connectivity index (χ1n) is 2.30. The molecule has 0 saturated heterocycles. The monoisotopic (exact) mass is 183 g/mol. The highest BCUT2D eigenvalue weighted by atomic mass is 35.5. The molecule has 52 valence electrons. The molecule has 0 aliphatic carbocycles. The van der Waals surface area contributed by atoms with Gasteiger partial charge in [0.25, 0.3) is 0 Å². The van der Waals surface area contributed by atoms with E-state index in [1.54, 1.807) is 11.3 Å². The summed E-state index contributed by atoms with van der Waals surface area (Å²) < 4.78 is 0. The van der Waals surface area contributed by atoms with Gasteiger partial charge >= 0.3 is 0 Å². The molecular weight excluding hydrogens is 177 g/mol. The fraction of sp³-hybridized carbons (Fsp3) is 0.400. The maximum Gasteiger partial charge on any atom is 0.108 e. The van der Waals surface area contributed by atoms with Crippen molar-refractivity contribution in [3.05, 3.63) is 16.1 Å². The molecule has 1 aromatic rings. The molecule has 9 heavy (non-hydrogen) atoms. The molecule has 0 aliphatic heterocycles. The van der Waals surface area contributed by atoms with E-state index in [1.165, 1.54) is 0 Å². The van der Waals surface area contributed by atoms with E-state index in [4.69, 9.17) is 11.6 Å². The molecule has 4 heteroatoms. The van der Waals surface area contributed by atoms with Crippen LogP contribution in [0, 0.1) is 6.92 Å². The number of thiazole rings is 1. The van der Waals surface area contributed by atoms with Crippen molar-refractivity contribution in [2.45, 2.75) is 12.8 Å². The van der Waals surface area contributed by atoms with Gasteiger partial charge in [-0.2, -0.15) is 0 Å². The van der Waals surface area contributed by atoms with Gasteiger partial charge in [0.2, 0.25) is 0 Å². The highest BCUT2D eigenvalue weighted by Gasteiger charge is 1.92. The number of aromatic nitrogens is 1. The molecule has 0 bridgehead atoms. The molecule has 0 spiro atoms. The molecule has 0 aromatic carbocycles. The minimum Gasteiger partial charge on any atom is -0.245 e. The van der Waals surface area contributed by atoms with Crippen molar-refractivity contribution in [3.63, 3.8) is 0 Å². The smallest absolute Gasteiger partial charge is 0.108 e. The van der Waals surface area contributed by atoms with Gasteiger partial charge in [-0.1, -0.05) is 0 Å². The number of hydrogen-bond donors (Lipinski definition) is 0. The molecule has 0 atom stereocenters. The van der Waals surface area contributed by atoms with Gasteiger partial charge in [0.1, 0.15) is 5.01 Å². The molecular formula is C5H7Cl2NS. The number of halogens is 2. The molecule has 0 amide bonds. The van der Waals surface area contributed by atoms with E-state index in [9.17, 15) is 0 Å². The zero-order valence-electron chi connectivity index (χ0n) is 4.93. The minimum atomic E-state index is 0. The maximum absolute atomic E-state index is 5.49. The molecule has 0 fully saturated rings. The van der Waals surface area contributed by atoms with Crippen molar-refractivity contribution >= 4 is 35.3 Å². The van der Waals surface area contributed by atoms with Gasteiger partial charge in [0.05, 0.1) is 5.88 Å². The summed E-state index contributed by atoms with van der Waals surface area (Å²) >= 11 is 7.09. The summed E-state index contributed by atoms with van der Waals surface area (Å²) in [7, 11) is 0. The van der Waals surface area contributed by atoms with Crippen molar-refractivity contribution in [2.75, 3.05) is 0 Å². The first-order chi connectivity index (χ1) is 3.83. The summed E-state index contributed by atoms with van der Waals surface area (Å²) in [6.45, 7) is 1.96. The molecule has 1 aromatic heterocycles. The van der Waals surface area contributed by atoms with Crippen molar-refractivity contribution in [1.82, 2.24) is 4.98 Å². The highest BCUT2D eigenvalue weighted by molar-refractivity contribution is 7.09. The van der Waals surface area contributed by atoms with Crippen LogP contribution in [0.5, 0.6) is 0 Å². The number of hydrogen-bond acceptors (Lipinski definition) is 2. The Labute approximate surface area is 69.5 Å². The first kappa shape index (κ1) is 9.21. The van der Waals surface area contributed by atoms with Crippen molar-refractivity contribution in [2.24, 2.45) is 0 Å². The Morgan fingerprint density at radius 2 is 2.44 bits per heavy atom. The van der Waals surface area contributed by atoms with E-state index >= 15 is 0 Å². The summed E-state index contributed by atoms with van der Waals surface area (Å²) in [6, 6.07) is 0. The SMILES string of the molecule is Cc1csc(CCl)n1.Cl. The second-order valence-corrected chi connectivity index (χ2v) is 2.73. The van der Waals surface area contributed by atoms with Crippen LogP contribution >= 0.6 is 35.3 Å². The summed E-state index contributed by atoms with van der Waals surface area (Å²) in [6.07, 6.45) is 0. The van der Waals surface area contributed by atoms with E-state index in [0.29, 0.717) is 5.88 Å². The molecule has 1 heterocycles. The Morgan fingerprint density at radius 1 is 1.78 bits per heavy atom. The van der Waals surface area contributed by atoms with Gasteiger partial charge in [-0.15, -0.1) is 35.3 Å². The summed E-state index contributed by atoms with van der Waals surface area (Å²) in [5, 5.41) is 3.00. The predicted octanol–water partition coefficient (Wildman–Crippen LogP) is 2.61. The molecule has 0 N–H and O–H groups in total. The van der Waals surface area contributed by atoms with Gasteiger partial charge in [-0.3, -0.25) is 0 Å². The summed E-state index contributed by atoms with van der Waals surface area (Å²) in [5.41, 5.74) is 1.06. The lowest BCUT2D eigenvalue weighted by Gasteiger charge is -1.77. The topological polar surface area (TPSA) is 12.9 Å². The average molecular weight is 184 g/mol. The van der Waals surface area contributed by atoms with Crippen LogP contribution in [0.4, 0.5) is 0 Å². The zero-order chi connectivity index (χ0) is 5.98. The predicted molar refractivity (Wildman–Crippen MR) is 43.7 cm³/mol. The van der Waals surface area contributed by atoms with Crippen LogP contribution in [-0.4, -0.2) is 4.98 Å². The molecule has 0 saturated carbocycles. The van der Waals surface area contributed by atoms with Crippen LogP contribution in [0.2, 0.25) is 0 Å². The van der Waals surface area contributed by atoms with Crippen LogP contribution in [0.25, 0.3) is 0 Å². The third-order valence-corrected chi connectivity index (χ3v) is 2.16. The summed E-state index contributed by atoms with van der Waals surface area (Å²) in [4.78, 5) is 4.12. The molecule has 0 aliphatic rings. The highest BCUT2D eigenvalue weighted by Crippen LogP contribution is 2.09. The normalized spacial score (nSPS) is 8.67. The Balaban J connectivity index is 0.000000640. The zero-order valence-corrected chi connectivity index (χ0v) is 7.32. The number of alkyl halides is 1. The van der Waals surface area contributed by atoms with E-state index in [0.717, 1.165) is 10.7 Å². The Kier molecular flexibility index (Phi) is 4.19. The van der Waals surface area contributed by atoms with Gasteiger partial charge < -0.3 is 0 Å². The van der Waals surface area contributed by atoms with E-state index in [1.807, 2.05) is 12.3 Å². The van der Waals surface area contributed by atoms with Gasteiger partial charge in [0.15, 0.2) is 0 Å². The Bertz CT molecular complexity index is 175. The fourth-order valence-corrected chi connectivity index (χ4v) is 1.33. The van der Waals surface area contributed by atoms with Crippen molar-refractivity contribution in [1.29, 1.82) is 0 Å². The minimum absolute atomic E-state index is 0.